The van der Waals surface area contributed by atoms with E-state index in [1.165, 1.54) is 0 Å². The zero-order valence-electron chi connectivity index (χ0n) is 7.06. The molecule has 2 nitrogen and oxygen atoms in total. The number of hydrogen-bond acceptors (Lipinski definition) is 1. The summed E-state index contributed by atoms with van der Waals surface area (Å²) in [5, 5.41) is 10.1. The molecule has 1 aromatic carbocycles. The molecule has 14 heavy (non-hydrogen) atoms. The van der Waals surface area contributed by atoms with Crippen LogP contribution in [0.15, 0.2) is 12.1 Å². The standard InChI is InChI=1S/C9H7BrCl2O2/c10-4-6-1-5(2-9(13)14)7(11)3-8(6)12/h1,3H,2,4H2,(H,13,14). The van der Waals surface area contributed by atoms with Crippen molar-refractivity contribution in [1.29, 1.82) is 0 Å². The lowest BCUT2D eigenvalue weighted by atomic mass is 10.1. The molecule has 0 bridgehead atoms. The minimum atomic E-state index is -0.908. The molecule has 0 aliphatic heterocycles. The van der Waals surface area contributed by atoms with Gasteiger partial charge in [-0.25, -0.2) is 0 Å². The second-order valence-electron chi connectivity index (χ2n) is 2.74. The Morgan fingerprint density at radius 1 is 1.29 bits per heavy atom. The highest BCUT2D eigenvalue weighted by Crippen LogP contribution is 2.27. The van der Waals surface area contributed by atoms with Crippen molar-refractivity contribution in [3.8, 4) is 0 Å². The molecule has 0 saturated carbocycles. The molecule has 1 N–H and O–H groups in total. The Balaban J connectivity index is 3.10. The highest BCUT2D eigenvalue weighted by molar-refractivity contribution is 9.08. The van der Waals surface area contributed by atoms with Gasteiger partial charge in [0.1, 0.15) is 0 Å². The number of benzene rings is 1. The predicted octanol–water partition coefficient (Wildman–Crippen LogP) is 3.52. The van der Waals surface area contributed by atoms with Gasteiger partial charge in [-0.1, -0.05) is 45.2 Å². The Hall–Kier alpha value is -0.250. The van der Waals surface area contributed by atoms with Crippen LogP contribution in [-0.4, -0.2) is 11.1 Å². The predicted molar refractivity (Wildman–Crippen MR) is 60.4 cm³/mol. The summed E-state index contributed by atoms with van der Waals surface area (Å²) in [5.74, 6) is -0.908. The van der Waals surface area contributed by atoms with E-state index in [9.17, 15) is 4.79 Å². The molecule has 76 valence electrons. The summed E-state index contributed by atoms with van der Waals surface area (Å²) in [7, 11) is 0. The van der Waals surface area contributed by atoms with Gasteiger partial charge in [-0.2, -0.15) is 0 Å². The Morgan fingerprint density at radius 3 is 2.36 bits per heavy atom. The van der Waals surface area contributed by atoms with Crippen LogP contribution < -0.4 is 0 Å². The van der Waals surface area contributed by atoms with Crippen LogP contribution in [-0.2, 0) is 16.5 Å². The summed E-state index contributed by atoms with van der Waals surface area (Å²) < 4.78 is 0. The number of halogens is 3. The van der Waals surface area contributed by atoms with E-state index in [1.54, 1.807) is 12.1 Å². The molecule has 0 saturated heterocycles. The number of alkyl halides is 1. The number of carboxylic acids is 1. The fourth-order valence-corrected chi connectivity index (χ4v) is 2.19. The van der Waals surface area contributed by atoms with Crippen LogP contribution in [0.25, 0.3) is 0 Å². The first-order chi connectivity index (χ1) is 6.54. The van der Waals surface area contributed by atoms with Crippen LogP contribution in [0.4, 0.5) is 0 Å². The minimum Gasteiger partial charge on any atom is -0.481 e. The molecule has 0 amide bonds. The first kappa shape index (κ1) is 11.8. The van der Waals surface area contributed by atoms with Gasteiger partial charge in [0.15, 0.2) is 0 Å². The Bertz CT molecular complexity index is 366. The van der Waals surface area contributed by atoms with Gasteiger partial charge >= 0.3 is 5.97 Å². The smallest absolute Gasteiger partial charge is 0.307 e. The fraction of sp³-hybridized carbons (Fsp3) is 0.222. The van der Waals surface area contributed by atoms with Crippen LogP contribution in [0.2, 0.25) is 10.0 Å². The van der Waals surface area contributed by atoms with Crippen LogP contribution in [0.3, 0.4) is 0 Å². The molecule has 0 aromatic heterocycles. The van der Waals surface area contributed by atoms with Gasteiger partial charge in [0, 0.05) is 15.4 Å². The third-order valence-electron chi connectivity index (χ3n) is 1.70. The third kappa shape index (κ3) is 2.87. The third-order valence-corrected chi connectivity index (χ3v) is 3.01. The summed E-state index contributed by atoms with van der Waals surface area (Å²) in [4.78, 5) is 10.5. The van der Waals surface area contributed by atoms with Crippen molar-refractivity contribution in [3.63, 3.8) is 0 Å². The molecule has 0 aliphatic carbocycles. The Kier molecular flexibility index (Phi) is 4.23. The number of aliphatic carboxylic acids is 1. The van der Waals surface area contributed by atoms with Crippen molar-refractivity contribution in [2.24, 2.45) is 0 Å². The molecular formula is C9H7BrCl2O2. The van der Waals surface area contributed by atoms with E-state index in [4.69, 9.17) is 28.3 Å². The van der Waals surface area contributed by atoms with E-state index < -0.39 is 5.97 Å². The van der Waals surface area contributed by atoms with Gasteiger partial charge in [-0.15, -0.1) is 0 Å². The molecule has 1 rings (SSSR count). The molecule has 5 heteroatoms. The van der Waals surface area contributed by atoms with E-state index in [0.717, 1.165) is 5.56 Å². The van der Waals surface area contributed by atoms with E-state index in [0.29, 0.717) is 20.9 Å². The quantitative estimate of drug-likeness (QED) is 0.867. The van der Waals surface area contributed by atoms with Crippen LogP contribution in [0.5, 0.6) is 0 Å². The minimum absolute atomic E-state index is 0.0873. The molecule has 0 heterocycles. The average molecular weight is 298 g/mol. The number of carbonyl (C=O) groups is 1. The van der Waals surface area contributed by atoms with E-state index in [-0.39, 0.29) is 6.42 Å². The molecule has 0 unspecified atom stereocenters. The largest absolute Gasteiger partial charge is 0.481 e. The van der Waals surface area contributed by atoms with Gasteiger partial charge in [0.25, 0.3) is 0 Å². The highest BCUT2D eigenvalue weighted by atomic mass is 79.9. The van der Waals surface area contributed by atoms with E-state index in [1.807, 2.05) is 0 Å². The van der Waals surface area contributed by atoms with Crippen LogP contribution in [0.1, 0.15) is 11.1 Å². The van der Waals surface area contributed by atoms with Crippen molar-refractivity contribution < 1.29 is 9.90 Å². The Morgan fingerprint density at radius 2 is 1.86 bits per heavy atom. The average Bonchev–Trinajstić information content (AvgIpc) is 2.09. The van der Waals surface area contributed by atoms with Gasteiger partial charge in [-0.05, 0) is 17.2 Å². The van der Waals surface area contributed by atoms with E-state index in [2.05, 4.69) is 15.9 Å². The highest BCUT2D eigenvalue weighted by Gasteiger charge is 2.09. The molecule has 0 spiro atoms. The second kappa shape index (κ2) is 5.01. The van der Waals surface area contributed by atoms with Crippen molar-refractivity contribution in [2.75, 3.05) is 0 Å². The van der Waals surface area contributed by atoms with Crippen LogP contribution >= 0.6 is 39.1 Å². The summed E-state index contributed by atoms with van der Waals surface area (Å²) in [6, 6.07) is 3.27. The number of hydrogen-bond donors (Lipinski definition) is 1. The molecular weight excluding hydrogens is 291 g/mol. The topological polar surface area (TPSA) is 37.3 Å². The molecule has 1 aromatic rings. The number of carboxylic acid groups (broad SMARTS) is 1. The lowest BCUT2D eigenvalue weighted by Crippen LogP contribution is -2.01. The first-order valence-corrected chi connectivity index (χ1v) is 5.67. The second-order valence-corrected chi connectivity index (χ2v) is 4.11. The maximum absolute atomic E-state index is 10.5. The molecule has 0 radical (unpaired) electrons. The van der Waals surface area contributed by atoms with Gasteiger partial charge < -0.3 is 5.11 Å². The van der Waals surface area contributed by atoms with Crippen molar-refractivity contribution in [2.45, 2.75) is 11.8 Å². The summed E-state index contributed by atoms with van der Waals surface area (Å²) in [6.07, 6.45) is -0.0873. The number of rotatable bonds is 3. The van der Waals surface area contributed by atoms with Crippen molar-refractivity contribution in [3.05, 3.63) is 33.3 Å². The lowest BCUT2D eigenvalue weighted by Gasteiger charge is -2.06. The lowest BCUT2D eigenvalue weighted by molar-refractivity contribution is -0.136. The van der Waals surface area contributed by atoms with Crippen LogP contribution in [0, 0.1) is 0 Å². The summed E-state index contributed by atoms with van der Waals surface area (Å²) >= 11 is 15.0. The van der Waals surface area contributed by atoms with Crippen molar-refractivity contribution in [1.82, 2.24) is 0 Å². The fourth-order valence-electron chi connectivity index (χ4n) is 1.05. The SMILES string of the molecule is O=C(O)Cc1cc(CBr)c(Cl)cc1Cl. The Labute approximate surface area is 100.0 Å². The molecule has 0 aliphatic rings. The molecule has 0 fully saturated rings. The van der Waals surface area contributed by atoms with Gasteiger partial charge in [-0.3, -0.25) is 4.79 Å². The monoisotopic (exact) mass is 296 g/mol. The van der Waals surface area contributed by atoms with Gasteiger partial charge in [0.05, 0.1) is 6.42 Å². The van der Waals surface area contributed by atoms with E-state index >= 15 is 0 Å². The normalized spacial score (nSPS) is 10.2. The molecule has 0 atom stereocenters. The summed E-state index contributed by atoms with van der Waals surface area (Å²) in [6.45, 7) is 0. The first-order valence-electron chi connectivity index (χ1n) is 3.79. The zero-order valence-corrected chi connectivity index (χ0v) is 10.2. The van der Waals surface area contributed by atoms with Crippen molar-refractivity contribution >= 4 is 45.1 Å². The maximum Gasteiger partial charge on any atom is 0.307 e. The zero-order chi connectivity index (χ0) is 10.7. The maximum atomic E-state index is 10.5. The van der Waals surface area contributed by atoms with Gasteiger partial charge in [0.2, 0.25) is 0 Å². The summed E-state index contributed by atoms with van der Waals surface area (Å²) in [5.41, 5.74) is 1.42.